The van der Waals surface area contributed by atoms with E-state index in [2.05, 4.69) is 10.3 Å². The van der Waals surface area contributed by atoms with Crippen molar-refractivity contribution in [1.82, 2.24) is 19.9 Å². The van der Waals surface area contributed by atoms with Crippen LogP contribution in [0.3, 0.4) is 0 Å². The number of aliphatic hydroxyl groups is 1. The van der Waals surface area contributed by atoms with Crippen LogP contribution in [0.4, 0.5) is 4.79 Å². The molecule has 4 aromatic carbocycles. The molecule has 0 bridgehead atoms. The van der Waals surface area contributed by atoms with Crippen molar-refractivity contribution >= 4 is 33.8 Å². The Kier molecular flexibility index (Phi) is 9.41. The number of methoxy groups -OCH3 is 1. The van der Waals surface area contributed by atoms with E-state index < -0.39 is 17.9 Å². The van der Waals surface area contributed by atoms with Crippen molar-refractivity contribution in [2.75, 3.05) is 12.9 Å². The van der Waals surface area contributed by atoms with Crippen LogP contribution in [0.2, 0.25) is 0 Å². The Morgan fingerprint density at radius 1 is 0.913 bits per heavy atom. The summed E-state index contributed by atoms with van der Waals surface area (Å²) < 4.78 is 12.3. The van der Waals surface area contributed by atoms with Crippen LogP contribution in [-0.2, 0) is 17.8 Å². The zero-order valence-corrected chi connectivity index (χ0v) is 25.9. The lowest BCUT2D eigenvalue weighted by atomic mass is 9.90. The minimum Gasteiger partial charge on any atom is -0.497 e. The number of hydrogen-bond acceptors (Lipinski definition) is 9. The predicted molar refractivity (Wildman–Crippen MR) is 175 cm³/mol. The average molecular weight is 637 g/mol. The molecule has 11 heteroatoms. The third kappa shape index (κ3) is 6.80. The monoisotopic (exact) mass is 636 g/mol. The van der Waals surface area contributed by atoms with Crippen LogP contribution in [0.25, 0.3) is 10.9 Å². The Bertz CT molecular complexity index is 1880. The molecule has 1 aromatic heterocycles. The number of fused-ring (bicyclic) bond motifs is 1. The number of imide groups is 1. The number of amides is 2. The van der Waals surface area contributed by atoms with Gasteiger partial charge in [0, 0.05) is 12.3 Å². The van der Waals surface area contributed by atoms with Gasteiger partial charge in [-0.15, -0.1) is 5.10 Å². The fraction of sp³-hybridized carbons (Fsp3) is 0.229. The summed E-state index contributed by atoms with van der Waals surface area (Å²) in [6, 6.07) is 30.1. The topological polar surface area (TPSA) is 124 Å². The maximum absolute atomic E-state index is 14.2. The quantitative estimate of drug-likeness (QED) is 0.196. The van der Waals surface area contributed by atoms with Gasteiger partial charge < -0.3 is 14.6 Å². The summed E-state index contributed by atoms with van der Waals surface area (Å²) in [6.45, 7) is 0.0152. The van der Waals surface area contributed by atoms with E-state index in [0.717, 1.165) is 17.3 Å². The van der Waals surface area contributed by atoms with Crippen molar-refractivity contribution in [2.45, 2.75) is 31.5 Å². The zero-order chi connectivity index (χ0) is 32.0. The number of aliphatic hydroxyl groups excluding tert-OH is 1. The highest BCUT2D eigenvalue weighted by Gasteiger charge is 2.42. The summed E-state index contributed by atoms with van der Waals surface area (Å²) >= 11 is 1.09. The van der Waals surface area contributed by atoms with E-state index in [1.165, 1.54) is 9.58 Å². The minimum absolute atomic E-state index is 0.0152. The summed E-state index contributed by atoms with van der Waals surface area (Å²) in [7, 11) is 1.59. The maximum atomic E-state index is 14.2. The third-order valence-corrected chi connectivity index (χ3v) is 9.00. The second-order valence-corrected chi connectivity index (χ2v) is 11.9. The molecule has 0 aliphatic carbocycles. The number of thioether (sulfide) groups is 1. The van der Waals surface area contributed by atoms with Crippen molar-refractivity contribution in [3.05, 3.63) is 125 Å². The number of hydrogen-bond donors (Lipinski definition) is 1. The molecule has 6 rings (SSSR count). The minimum atomic E-state index is -1.28. The van der Waals surface area contributed by atoms with Crippen LogP contribution >= 0.6 is 11.8 Å². The molecule has 46 heavy (non-hydrogen) atoms. The number of rotatable bonds is 11. The largest absolute Gasteiger partial charge is 0.497 e. The number of aryl methyl sites for hydroxylation is 1. The van der Waals surface area contributed by atoms with E-state index in [0.29, 0.717) is 45.9 Å². The molecule has 0 radical (unpaired) electrons. The fourth-order valence-corrected chi connectivity index (χ4v) is 6.52. The Balaban J connectivity index is 1.26. The zero-order valence-electron chi connectivity index (χ0n) is 25.1. The first-order valence-corrected chi connectivity index (χ1v) is 15.9. The highest BCUT2D eigenvalue weighted by Crippen LogP contribution is 2.34. The number of aromatic nitrogens is 3. The van der Waals surface area contributed by atoms with Crippen LogP contribution in [0, 0.1) is 5.92 Å². The van der Waals surface area contributed by atoms with E-state index >= 15 is 0 Å². The van der Waals surface area contributed by atoms with Gasteiger partial charge in [0.15, 0.2) is 0 Å². The van der Waals surface area contributed by atoms with Gasteiger partial charge in [0.25, 0.3) is 10.8 Å². The second-order valence-electron chi connectivity index (χ2n) is 11.0. The Hall–Kier alpha value is -5.00. The highest BCUT2D eigenvalue weighted by molar-refractivity contribution is 8.14. The van der Waals surface area contributed by atoms with Gasteiger partial charge in [0.2, 0.25) is 5.91 Å². The predicted octanol–water partition coefficient (Wildman–Crippen LogP) is 5.64. The summed E-state index contributed by atoms with van der Waals surface area (Å²) in [5.41, 5.74) is 1.59. The number of benzene rings is 4. The van der Waals surface area contributed by atoms with Crippen LogP contribution in [0.5, 0.6) is 17.2 Å². The first-order valence-electron chi connectivity index (χ1n) is 14.9. The van der Waals surface area contributed by atoms with Crippen LogP contribution < -0.4 is 15.0 Å². The summed E-state index contributed by atoms with van der Waals surface area (Å²) in [5.74, 6) is 0.766. The average Bonchev–Trinajstić information content (AvgIpc) is 3.45. The second kappa shape index (κ2) is 14.0. The van der Waals surface area contributed by atoms with Gasteiger partial charge in [-0.1, -0.05) is 71.6 Å². The van der Waals surface area contributed by atoms with Crippen molar-refractivity contribution in [1.29, 1.82) is 0 Å². The summed E-state index contributed by atoms with van der Waals surface area (Å²) in [5, 5.41) is 20.0. The first-order chi connectivity index (χ1) is 22.4. The van der Waals surface area contributed by atoms with E-state index in [1.54, 1.807) is 79.9 Å². The van der Waals surface area contributed by atoms with E-state index in [1.807, 2.05) is 30.3 Å². The molecular weight excluding hydrogens is 604 g/mol. The summed E-state index contributed by atoms with van der Waals surface area (Å²) in [6.07, 6.45) is -0.729. The standard InChI is InChI=1S/C35H32N4O6S/c1-44-26-15-17-28(18-16-26)45-27-13-11-24(12-14-27)32(40)30(19-20-38-33(41)29-9-5-6-10-31(29)36-37-38)34(42)39-25(22-46-35(39)43)21-23-7-3-2-4-8-23/h2-18,25,30,32,40H,19-22H2,1H3/t25-,30-,32+/m0/s1. The molecule has 0 saturated carbocycles. The third-order valence-electron chi connectivity index (χ3n) is 8.01. The van der Waals surface area contributed by atoms with Crippen molar-refractivity contribution < 1.29 is 24.2 Å². The fourth-order valence-electron chi connectivity index (χ4n) is 5.54. The van der Waals surface area contributed by atoms with Gasteiger partial charge in [0.05, 0.1) is 30.6 Å². The Labute approximate surface area is 269 Å². The molecule has 2 amide bonds. The van der Waals surface area contributed by atoms with Crippen LogP contribution in [0.15, 0.2) is 108 Å². The van der Waals surface area contributed by atoms with Crippen LogP contribution in [0.1, 0.15) is 23.7 Å². The molecule has 1 aliphatic heterocycles. The van der Waals surface area contributed by atoms with Gasteiger partial charge >= 0.3 is 0 Å². The Morgan fingerprint density at radius 3 is 2.28 bits per heavy atom. The summed E-state index contributed by atoms with van der Waals surface area (Å²) in [4.78, 5) is 41.8. The maximum Gasteiger partial charge on any atom is 0.288 e. The molecule has 234 valence electrons. The lowest BCUT2D eigenvalue weighted by Crippen LogP contribution is -2.45. The molecule has 2 heterocycles. The van der Waals surface area contributed by atoms with Gasteiger partial charge in [-0.3, -0.25) is 19.3 Å². The van der Waals surface area contributed by atoms with Crippen molar-refractivity contribution in [3.63, 3.8) is 0 Å². The molecule has 1 aliphatic rings. The number of carbonyl (C=O) groups is 2. The number of carbonyl (C=O) groups excluding carboxylic acids is 2. The molecule has 10 nitrogen and oxygen atoms in total. The van der Waals surface area contributed by atoms with E-state index in [-0.39, 0.29) is 29.8 Å². The van der Waals surface area contributed by atoms with E-state index in [4.69, 9.17) is 9.47 Å². The van der Waals surface area contributed by atoms with Gasteiger partial charge in [-0.2, -0.15) is 0 Å². The molecule has 1 saturated heterocycles. The molecule has 3 atom stereocenters. The SMILES string of the molecule is COc1ccc(Oc2ccc([C@@H](O)[C@H](CCn3nnc4ccccc4c3=O)C(=O)N3C(=O)SC[C@@H]3Cc3ccccc3)cc2)cc1. The molecular formula is C35H32N4O6S. The lowest BCUT2D eigenvalue weighted by Gasteiger charge is -2.29. The van der Waals surface area contributed by atoms with Crippen molar-refractivity contribution in [3.8, 4) is 17.2 Å². The van der Waals surface area contributed by atoms with Gasteiger partial charge in [0.1, 0.15) is 22.8 Å². The Morgan fingerprint density at radius 2 is 1.57 bits per heavy atom. The normalized spacial score (nSPS) is 15.9. The molecule has 0 unspecified atom stereocenters. The van der Waals surface area contributed by atoms with E-state index in [9.17, 15) is 19.5 Å². The first kappa shape index (κ1) is 31.0. The molecule has 0 spiro atoms. The lowest BCUT2D eigenvalue weighted by molar-refractivity contribution is -0.137. The smallest absolute Gasteiger partial charge is 0.288 e. The van der Waals surface area contributed by atoms with Gasteiger partial charge in [-0.05, 0) is 72.5 Å². The number of nitrogens with zero attached hydrogens (tertiary/aromatic N) is 4. The molecule has 5 aromatic rings. The molecule has 1 N–H and O–H groups in total. The van der Waals surface area contributed by atoms with Gasteiger partial charge in [-0.25, -0.2) is 4.68 Å². The molecule has 1 fully saturated rings. The van der Waals surface area contributed by atoms with Crippen LogP contribution in [-0.4, -0.2) is 55.1 Å². The number of ether oxygens (including phenoxy) is 2. The highest BCUT2D eigenvalue weighted by atomic mass is 32.2. The van der Waals surface area contributed by atoms with Crippen molar-refractivity contribution in [2.24, 2.45) is 5.92 Å².